The lowest BCUT2D eigenvalue weighted by Crippen LogP contribution is -2.48. The summed E-state index contributed by atoms with van der Waals surface area (Å²) < 4.78 is 51.7. The quantitative estimate of drug-likeness (QED) is 0.406. The molecule has 3 bridgehead atoms. The summed E-state index contributed by atoms with van der Waals surface area (Å²) in [4.78, 5) is 13.4. The molecule has 3 aliphatic rings. The first-order chi connectivity index (χ1) is 19.2. The van der Waals surface area contributed by atoms with Gasteiger partial charge in [0.05, 0.1) is 24.7 Å². The Balaban J connectivity index is 1.28. The van der Waals surface area contributed by atoms with Crippen LogP contribution >= 0.6 is 0 Å². The smallest absolute Gasteiger partial charge is 0.407 e. The number of amides is 1. The van der Waals surface area contributed by atoms with Gasteiger partial charge in [0.15, 0.2) is 6.29 Å². The molecule has 1 amide bonds. The molecule has 5 rings (SSSR count). The Morgan fingerprint density at radius 3 is 2.52 bits per heavy atom. The first-order valence-corrected chi connectivity index (χ1v) is 15.6. The van der Waals surface area contributed by atoms with Crippen molar-refractivity contribution in [2.45, 2.75) is 69.0 Å². The van der Waals surface area contributed by atoms with E-state index in [1.54, 1.807) is 31.4 Å². The van der Waals surface area contributed by atoms with Gasteiger partial charge in [-0.15, -0.1) is 0 Å². The van der Waals surface area contributed by atoms with Crippen LogP contribution in [-0.4, -0.2) is 70.2 Å². The highest BCUT2D eigenvalue weighted by atomic mass is 32.2. The van der Waals surface area contributed by atoms with Gasteiger partial charge in [0.2, 0.25) is 10.0 Å². The minimum atomic E-state index is -3.75. The normalized spacial score (nSPS) is 26.2. The van der Waals surface area contributed by atoms with Gasteiger partial charge >= 0.3 is 6.09 Å². The fourth-order valence-corrected chi connectivity index (χ4v) is 7.70. The summed E-state index contributed by atoms with van der Waals surface area (Å²) in [5.41, 5.74) is 1.05. The molecule has 0 spiro atoms. The molecule has 1 saturated carbocycles. The van der Waals surface area contributed by atoms with Gasteiger partial charge < -0.3 is 24.3 Å². The number of ether oxygens (including phenoxy) is 4. The number of carbonyl (C=O) groups is 1. The van der Waals surface area contributed by atoms with Gasteiger partial charge in [-0.05, 0) is 61.4 Å². The Bertz CT molecular complexity index is 1230. The molecule has 218 valence electrons. The summed E-state index contributed by atoms with van der Waals surface area (Å²) >= 11 is 0. The van der Waals surface area contributed by atoms with Crippen LogP contribution in [0.15, 0.2) is 59.5 Å². The molecule has 1 N–H and O–H groups in total. The van der Waals surface area contributed by atoms with Gasteiger partial charge in [-0.2, -0.15) is 4.31 Å². The Morgan fingerprint density at radius 1 is 1.07 bits per heavy atom. The van der Waals surface area contributed by atoms with Crippen molar-refractivity contribution in [1.82, 2.24) is 9.62 Å². The van der Waals surface area contributed by atoms with Gasteiger partial charge in [-0.1, -0.05) is 44.2 Å². The number of methoxy groups -OCH3 is 1. The van der Waals surface area contributed by atoms with E-state index in [0.29, 0.717) is 37.7 Å². The molecule has 2 aromatic carbocycles. The summed E-state index contributed by atoms with van der Waals surface area (Å²) in [6.07, 6.45) is 1.61. The fourth-order valence-electron chi connectivity index (χ4n) is 6.08. The summed E-state index contributed by atoms with van der Waals surface area (Å²) in [6, 6.07) is 16.0. The number of hydrogen-bond acceptors (Lipinski definition) is 7. The summed E-state index contributed by atoms with van der Waals surface area (Å²) in [7, 11) is -2.20. The van der Waals surface area contributed by atoms with Crippen molar-refractivity contribution in [3.8, 4) is 5.75 Å². The highest BCUT2D eigenvalue weighted by Crippen LogP contribution is 2.46. The number of benzene rings is 2. The Labute approximate surface area is 237 Å². The van der Waals surface area contributed by atoms with Crippen molar-refractivity contribution in [2.75, 3.05) is 26.8 Å². The van der Waals surface area contributed by atoms with Crippen molar-refractivity contribution < 1.29 is 32.2 Å². The summed E-state index contributed by atoms with van der Waals surface area (Å²) in [5, 5.41) is 3.05. The van der Waals surface area contributed by atoms with Gasteiger partial charge in [-0.25, -0.2) is 13.2 Å². The molecule has 3 fully saturated rings. The number of rotatable bonds is 12. The van der Waals surface area contributed by atoms with E-state index in [4.69, 9.17) is 18.9 Å². The molecule has 1 aliphatic carbocycles. The zero-order valence-electron chi connectivity index (χ0n) is 23.4. The van der Waals surface area contributed by atoms with Crippen LogP contribution in [0.3, 0.4) is 0 Å². The minimum Gasteiger partial charge on any atom is -0.497 e. The van der Waals surface area contributed by atoms with Crippen LogP contribution in [0.4, 0.5) is 4.79 Å². The molecule has 0 aromatic heterocycles. The zero-order chi connectivity index (χ0) is 28.3. The Hall–Kier alpha value is -2.66. The number of carbonyl (C=O) groups excluding carboxylic acids is 1. The van der Waals surface area contributed by atoms with Crippen LogP contribution in [0.5, 0.6) is 5.75 Å². The third kappa shape index (κ3) is 6.62. The summed E-state index contributed by atoms with van der Waals surface area (Å²) in [5.74, 6) is 1.24. The van der Waals surface area contributed by atoms with Gasteiger partial charge in [-0.3, -0.25) is 0 Å². The van der Waals surface area contributed by atoms with Crippen LogP contribution in [0.2, 0.25) is 0 Å². The largest absolute Gasteiger partial charge is 0.497 e. The van der Waals surface area contributed by atoms with Crippen LogP contribution in [0, 0.1) is 17.8 Å². The van der Waals surface area contributed by atoms with E-state index in [-0.39, 0.29) is 47.8 Å². The molecule has 2 heterocycles. The molecule has 5 unspecified atom stereocenters. The van der Waals surface area contributed by atoms with Crippen molar-refractivity contribution in [1.29, 1.82) is 0 Å². The van der Waals surface area contributed by atoms with Crippen LogP contribution in [-0.2, 0) is 30.7 Å². The number of fused-ring (bicyclic) bond motifs is 2. The lowest BCUT2D eigenvalue weighted by atomic mass is 9.78. The minimum absolute atomic E-state index is 0.123. The number of nitrogens with zero attached hydrogens (tertiary/aromatic N) is 1. The summed E-state index contributed by atoms with van der Waals surface area (Å²) in [6.45, 7) is 5.13. The highest BCUT2D eigenvalue weighted by molar-refractivity contribution is 7.89. The second kappa shape index (κ2) is 12.5. The topological polar surface area (TPSA) is 103 Å². The average Bonchev–Trinajstić information content (AvgIpc) is 3.24. The van der Waals surface area contributed by atoms with E-state index in [9.17, 15) is 13.2 Å². The van der Waals surface area contributed by atoms with E-state index in [0.717, 1.165) is 18.4 Å². The molecule has 0 radical (unpaired) electrons. The van der Waals surface area contributed by atoms with Crippen molar-refractivity contribution >= 4 is 16.1 Å². The Kier molecular flexibility index (Phi) is 8.99. The third-order valence-corrected chi connectivity index (χ3v) is 9.90. The predicted molar refractivity (Wildman–Crippen MR) is 149 cm³/mol. The average molecular weight is 573 g/mol. The van der Waals surface area contributed by atoms with E-state index in [2.05, 4.69) is 5.32 Å². The molecule has 6 atom stereocenters. The molecule has 10 heteroatoms. The van der Waals surface area contributed by atoms with Crippen molar-refractivity contribution in [3.05, 3.63) is 60.2 Å². The van der Waals surface area contributed by atoms with Crippen LogP contribution in [0.25, 0.3) is 0 Å². The van der Waals surface area contributed by atoms with E-state index in [1.807, 2.05) is 44.2 Å². The third-order valence-electron chi connectivity index (χ3n) is 8.02. The zero-order valence-corrected chi connectivity index (χ0v) is 24.2. The number of hydrogen-bond donors (Lipinski definition) is 1. The predicted octanol–water partition coefficient (Wildman–Crippen LogP) is 4.22. The fraction of sp³-hybridized carbons (Fsp3) is 0.567. The van der Waals surface area contributed by atoms with Crippen molar-refractivity contribution in [3.63, 3.8) is 0 Å². The Morgan fingerprint density at radius 2 is 1.82 bits per heavy atom. The van der Waals surface area contributed by atoms with Gasteiger partial charge in [0.1, 0.15) is 11.9 Å². The molecule has 2 aliphatic heterocycles. The van der Waals surface area contributed by atoms with Crippen molar-refractivity contribution in [2.24, 2.45) is 17.8 Å². The molecule has 40 heavy (non-hydrogen) atoms. The molecular weight excluding hydrogens is 532 g/mol. The van der Waals surface area contributed by atoms with Crippen LogP contribution in [0.1, 0.15) is 38.7 Å². The van der Waals surface area contributed by atoms with E-state index in [1.165, 1.54) is 4.31 Å². The highest BCUT2D eigenvalue weighted by Gasteiger charge is 2.53. The second-order valence-electron chi connectivity index (χ2n) is 11.5. The maximum absolute atomic E-state index is 13.6. The molecule has 2 aromatic rings. The molecule has 2 saturated heterocycles. The van der Waals surface area contributed by atoms with Crippen LogP contribution < -0.4 is 10.1 Å². The lowest BCUT2D eigenvalue weighted by molar-refractivity contribution is -0.153. The first-order valence-electron chi connectivity index (χ1n) is 14.1. The standard InChI is InChI=1S/C30H40N2O7S/c1-20(2)18-32(40(34,35)26-11-9-25(36-3)10-12-26)14-13-24(15-21-7-5-4-6-8-21)31-30(33)39-28-23-16-22-17-27(28)38-29(22)37-19-23/h4-12,20,22-24,27-29H,13-19H2,1-3H3,(H,31,33)/t22?,23?,24-,27?,28?,29?/m1/s1. The maximum atomic E-state index is 13.6. The number of sulfonamides is 1. The lowest BCUT2D eigenvalue weighted by Gasteiger charge is -2.36. The second-order valence-corrected chi connectivity index (χ2v) is 13.4. The van der Waals surface area contributed by atoms with E-state index < -0.39 is 16.1 Å². The number of alkyl carbamates (subject to hydrolysis) is 1. The van der Waals surface area contributed by atoms with E-state index >= 15 is 0 Å². The van der Waals surface area contributed by atoms with Gasteiger partial charge in [0, 0.05) is 31.0 Å². The van der Waals surface area contributed by atoms with Gasteiger partial charge in [0.25, 0.3) is 0 Å². The molecule has 9 nitrogen and oxygen atoms in total. The molecular formula is C30H40N2O7S. The number of nitrogens with one attached hydrogen (secondary N) is 1. The first kappa shape index (κ1) is 28.9. The monoisotopic (exact) mass is 572 g/mol. The SMILES string of the molecule is COc1ccc(S(=O)(=O)N(CC[C@H](Cc2ccccc2)NC(=O)OC2C3COC4OC2CC4C3)CC(C)C)cc1. The maximum Gasteiger partial charge on any atom is 0.407 e.